The monoisotopic (exact) mass is 572 g/mol. The molecule has 2 atom stereocenters. The molecule has 42 heavy (non-hydrogen) atoms. The number of aliphatic hydroxyl groups is 2. The quantitative estimate of drug-likeness (QED) is 0.293. The van der Waals surface area contributed by atoms with Crippen molar-refractivity contribution in [3.63, 3.8) is 0 Å². The highest BCUT2D eigenvalue weighted by Crippen LogP contribution is 2.62. The zero-order valence-corrected chi connectivity index (χ0v) is 27.1. The van der Waals surface area contributed by atoms with Crippen LogP contribution in [0.1, 0.15) is 175 Å². The smallest absolute Gasteiger partial charge is 0.123 e. The normalized spacial score (nSPS) is 34.6. The predicted molar refractivity (Wildman–Crippen MR) is 168 cm³/mol. The summed E-state index contributed by atoms with van der Waals surface area (Å²) in [5, 5.41) is 47.7. The van der Waals surface area contributed by atoms with Crippen LogP contribution in [0.3, 0.4) is 0 Å². The molecule has 0 spiro atoms. The van der Waals surface area contributed by atoms with Crippen LogP contribution in [-0.2, 0) is 21.7 Å². The lowest BCUT2D eigenvalue weighted by Gasteiger charge is -2.51. The van der Waals surface area contributed by atoms with E-state index in [9.17, 15) is 20.4 Å². The lowest BCUT2D eigenvalue weighted by atomic mass is 9.55. The first kappa shape index (κ1) is 28.7. The van der Waals surface area contributed by atoms with E-state index in [-0.39, 0.29) is 33.2 Å². The van der Waals surface area contributed by atoms with Gasteiger partial charge in [0.25, 0.3) is 0 Å². The van der Waals surface area contributed by atoms with Gasteiger partial charge in [-0.05, 0) is 107 Å². The van der Waals surface area contributed by atoms with Gasteiger partial charge in [0.15, 0.2) is 0 Å². The van der Waals surface area contributed by atoms with Crippen molar-refractivity contribution < 1.29 is 20.4 Å². The minimum atomic E-state index is -0.893. The van der Waals surface area contributed by atoms with Gasteiger partial charge >= 0.3 is 0 Å². The molecule has 4 heteroatoms. The summed E-state index contributed by atoms with van der Waals surface area (Å²) >= 11 is 0. The summed E-state index contributed by atoms with van der Waals surface area (Å²) in [6, 6.07) is 4.25. The first-order valence-electron chi connectivity index (χ1n) is 16.7. The van der Waals surface area contributed by atoms with Gasteiger partial charge in [-0.2, -0.15) is 0 Å². The molecule has 5 aliphatic carbocycles. The number of rotatable bonds is 2. The van der Waals surface area contributed by atoms with E-state index in [1.54, 1.807) is 0 Å². The second-order valence-corrected chi connectivity index (χ2v) is 17.4. The predicted octanol–water partition coefficient (Wildman–Crippen LogP) is 8.15. The molecule has 0 aliphatic heterocycles. The zero-order chi connectivity index (χ0) is 30.3. The van der Waals surface area contributed by atoms with Crippen LogP contribution >= 0.6 is 0 Å². The summed E-state index contributed by atoms with van der Waals surface area (Å²) < 4.78 is 0. The minimum Gasteiger partial charge on any atom is -0.507 e. The van der Waals surface area contributed by atoms with Crippen LogP contribution in [-0.4, -0.2) is 32.6 Å². The number of aromatic hydroxyl groups is 2. The Labute approximate surface area is 252 Å². The van der Waals surface area contributed by atoms with Crippen molar-refractivity contribution >= 4 is 0 Å². The van der Waals surface area contributed by atoms with E-state index in [0.717, 1.165) is 62.5 Å². The van der Waals surface area contributed by atoms with Crippen molar-refractivity contribution in [3.05, 3.63) is 56.6 Å². The molecule has 0 heterocycles. The molecule has 2 unspecified atom stereocenters. The molecule has 0 bridgehead atoms. The van der Waals surface area contributed by atoms with Crippen LogP contribution in [0.4, 0.5) is 0 Å². The molecule has 2 aromatic carbocycles. The van der Waals surface area contributed by atoms with E-state index in [1.165, 1.54) is 22.3 Å². The average molecular weight is 573 g/mol. The van der Waals surface area contributed by atoms with E-state index < -0.39 is 24.0 Å². The lowest BCUT2D eigenvalue weighted by Crippen LogP contribution is -2.52. The number of hydrogen-bond donors (Lipinski definition) is 4. The maximum Gasteiger partial charge on any atom is 0.123 e. The molecule has 0 aromatic heterocycles. The van der Waals surface area contributed by atoms with Gasteiger partial charge in [-0.25, -0.2) is 0 Å². The van der Waals surface area contributed by atoms with Crippen LogP contribution in [0.25, 0.3) is 0 Å². The highest BCUT2D eigenvalue weighted by molar-refractivity contribution is 5.63. The largest absolute Gasteiger partial charge is 0.507 e. The van der Waals surface area contributed by atoms with Crippen molar-refractivity contribution in [3.8, 4) is 11.5 Å². The van der Waals surface area contributed by atoms with Gasteiger partial charge < -0.3 is 20.4 Å². The third kappa shape index (κ3) is 3.73. The summed E-state index contributed by atoms with van der Waals surface area (Å²) in [6.07, 6.45) is 7.05. The fraction of sp³-hybridized carbons (Fsp3) is 0.684. The number of benzene rings is 2. The van der Waals surface area contributed by atoms with Crippen LogP contribution in [0, 0.1) is 0 Å². The Morgan fingerprint density at radius 3 is 1.17 bits per heavy atom. The molecular formula is C38H52O4. The number of phenolic OH excluding ortho intramolecular Hbond substituents is 2. The number of aliphatic hydroxyl groups excluding tert-OH is 2. The van der Waals surface area contributed by atoms with Crippen LogP contribution in [0.5, 0.6) is 11.5 Å². The van der Waals surface area contributed by atoms with Crippen LogP contribution in [0.15, 0.2) is 12.1 Å². The molecular weight excluding hydrogens is 520 g/mol. The molecule has 5 aliphatic rings. The zero-order valence-electron chi connectivity index (χ0n) is 27.1. The van der Waals surface area contributed by atoms with Gasteiger partial charge in [0.1, 0.15) is 11.5 Å². The lowest BCUT2D eigenvalue weighted by molar-refractivity contribution is -0.0800. The van der Waals surface area contributed by atoms with Crippen molar-refractivity contribution in [1.29, 1.82) is 0 Å². The molecule has 4 nitrogen and oxygen atoms in total. The van der Waals surface area contributed by atoms with Gasteiger partial charge in [0.05, 0.1) is 12.2 Å². The Bertz CT molecular complexity index is 1350. The van der Waals surface area contributed by atoms with E-state index in [4.69, 9.17) is 0 Å². The summed E-state index contributed by atoms with van der Waals surface area (Å²) in [5.41, 5.74) is 8.29. The molecule has 4 N–H and O–H groups in total. The Hall–Kier alpha value is -2.04. The van der Waals surface area contributed by atoms with Gasteiger partial charge in [0.2, 0.25) is 0 Å². The number of hydrogen-bond acceptors (Lipinski definition) is 4. The van der Waals surface area contributed by atoms with Gasteiger partial charge in [-0.15, -0.1) is 0 Å². The fourth-order valence-corrected chi connectivity index (χ4v) is 10.2. The summed E-state index contributed by atoms with van der Waals surface area (Å²) in [6.45, 7) is 18.1. The summed E-state index contributed by atoms with van der Waals surface area (Å²) in [7, 11) is 0. The molecule has 2 aromatic rings. The second kappa shape index (κ2) is 8.78. The molecule has 0 saturated heterocycles. The molecule has 228 valence electrons. The van der Waals surface area contributed by atoms with Gasteiger partial charge in [-0.1, -0.05) is 67.5 Å². The first-order valence-corrected chi connectivity index (χ1v) is 16.7. The summed E-state index contributed by atoms with van der Waals surface area (Å²) in [4.78, 5) is 0. The standard InChI is InChI=1S/C38H52O4/c1-35(2)13-9-19-11-15-37(5,6)29-25(19)23(35)17-21(31(29)39)27-33(41)28(34(27)42)22-18-24-26-20(10-14-36(24,3)4)12-16-38(7,8)30(26)32(22)40/h17-20,27-28,33-34,39-42H,9-16H2,1-8H3. The second-order valence-electron chi connectivity index (χ2n) is 17.4. The first-order chi connectivity index (χ1) is 19.5. The molecule has 0 amide bonds. The Morgan fingerprint density at radius 1 is 0.524 bits per heavy atom. The Kier molecular flexibility index (Phi) is 6.00. The number of phenols is 2. The summed E-state index contributed by atoms with van der Waals surface area (Å²) in [5.74, 6) is 0.312. The van der Waals surface area contributed by atoms with E-state index in [1.807, 2.05) is 0 Å². The Morgan fingerprint density at radius 2 is 0.833 bits per heavy atom. The minimum absolute atomic E-state index is 0.0252. The van der Waals surface area contributed by atoms with Gasteiger partial charge in [-0.3, -0.25) is 0 Å². The Balaban J connectivity index is 1.36. The van der Waals surface area contributed by atoms with E-state index >= 15 is 0 Å². The van der Waals surface area contributed by atoms with Crippen molar-refractivity contribution in [1.82, 2.24) is 0 Å². The molecule has 7 rings (SSSR count). The van der Waals surface area contributed by atoms with Crippen molar-refractivity contribution in [2.75, 3.05) is 0 Å². The maximum atomic E-state index is 11.9. The highest BCUT2D eigenvalue weighted by atomic mass is 16.3. The van der Waals surface area contributed by atoms with Crippen LogP contribution in [0.2, 0.25) is 0 Å². The highest BCUT2D eigenvalue weighted by Gasteiger charge is 2.55. The third-order valence-electron chi connectivity index (χ3n) is 13.0. The fourth-order valence-electron chi connectivity index (χ4n) is 10.2. The van der Waals surface area contributed by atoms with E-state index in [2.05, 4.69) is 67.5 Å². The van der Waals surface area contributed by atoms with Gasteiger partial charge in [0, 0.05) is 34.1 Å². The third-order valence-corrected chi connectivity index (χ3v) is 13.0. The van der Waals surface area contributed by atoms with E-state index in [0.29, 0.717) is 23.0 Å². The SMILES string of the molecule is CC1(C)CCC2CCC(C)(C)c3c(O)c(C4C(O)C(c5cc6c7c(c5O)C(C)(C)CCC7CCC6(C)C)C4O)cc1c32. The maximum absolute atomic E-state index is 11.9. The van der Waals surface area contributed by atoms with Crippen molar-refractivity contribution in [2.45, 2.75) is 164 Å². The molecule has 1 saturated carbocycles. The van der Waals surface area contributed by atoms with Crippen LogP contribution < -0.4 is 0 Å². The molecule has 0 radical (unpaired) electrons. The topological polar surface area (TPSA) is 80.9 Å². The van der Waals surface area contributed by atoms with Crippen molar-refractivity contribution in [2.24, 2.45) is 0 Å². The molecule has 1 fully saturated rings. The average Bonchev–Trinajstić information content (AvgIpc) is 2.88.